The van der Waals surface area contributed by atoms with Gasteiger partial charge in [0.2, 0.25) is 0 Å². The standard InChI is InChI=1S/C27H35NO6/c1-20-8-7-9-21(18-20)12-15-33-24-19-22(10-11-23(24)34-17-16-32-2)25(29)28-27(26(30)31)13-5-3-4-6-14-27/h7-11,18-19H,3-6,12-17H2,1-2H3,(H,28,29)(H,30,31). The number of carbonyl (C=O) groups is 2. The maximum Gasteiger partial charge on any atom is 0.329 e. The molecule has 0 aliphatic heterocycles. The number of aryl methyl sites for hydroxylation is 1. The number of methoxy groups -OCH3 is 1. The van der Waals surface area contributed by atoms with Crippen LogP contribution in [-0.4, -0.2) is 49.5 Å². The number of carboxylic acid groups (broad SMARTS) is 1. The lowest BCUT2D eigenvalue weighted by molar-refractivity contribution is -0.145. The van der Waals surface area contributed by atoms with Gasteiger partial charge < -0.3 is 24.6 Å². The Morgan fingerprint density at radius 1 is 0.941 bits per heavy atom. The van der Waals surface area contributed by atoms with Gasteiger partial charge in [-0.05, 0) is 43.5 Å². The summed E-state index contributed by atoms with van der Waals surface area (Å²) in [5.74, 6) is -0.435. The number of aliphatic carboxylic acids is 1. The lowest BCUT2D eigenvalue weighted by Crippen LogP contribution is -2.54. The van der Waals surface area contributed by atoms with Crippen molar-refractivity contribution in [3.63, 3.8) is 0 Å². The van der Waals surface area contributed by atoms with Crippen LogP contribution in [0.1, 0.15) is 60.0 Å². The van der Waals surface area contributed by atoms with Crippen molar-refractivity contribution in [3.8, 4) is 11.5 Å². The molecule has 0 heterocycles. The van der Waals surface area contributed by atoms with Crippen molar-refractivity contribution in [2.24, 2.45) is 0 Å². The van der Waals surface area contributed by atoms with E-state index in [1.54, 1.807) is 25.3 Å². The second-order valence-electron chi connectivity index (χ2n) is 8.85. The molecule has 1 amide bonds. The van der Waals surface area contributed by atoms with Gasteiger partial charge in [0.05, 0.1) is 13.2 Å². The van der Waals surface area contributed by atoms with E-state index in [1.807, 2.05) is 25.1 Å². The second-order valence-corrected chi connectivity index (χ2v) is 8.85. The fourth-order valence-corrected chi connectivity index (χ4v) is 4.28. The zero-order chi connectivity index (χ0) is 24.4. The van der Waals surface area contributed by atoms with Crippen molar-refractivity contribution in [2.75, 3.05) is 26.9 Å². The number of nitrogens with one attached hydrogen (secondary N) is 1. The second kappa shape index (κ2) is 12.4. The van der Waals surface area contributed by atoms with E-state index in [2.05, 4.69) is 11.4 Å². The monoisotopic (exact) mass is 469 g/mol. The molecule has 1 fully saturated rings. The van der Waals surface area contributed by atoms with Crippen LogP contribution in [0.2, 0.25) is 0 Å². The van der Waals surface area contributed by atoms with Crippen molar-refractivity contribution in [1.29, 1.82) is 0 Å². The van der Waals surface area contributed by atoms with Crippen molar-refractivity contribution in [2.45, 2.75) is 57.4 Å². The molecular weight excluding hydrogens is 434 g/mol. The minimum Gasteiger partial charge on any atom is -0.489 e. The smallest absolute Gasteiger partial charge is 0.329 e. The SMILES string of the molecule is COCCOc1ccc(C(=O)NC2(C(=O)O)CCCCCC2)cc1OCCc1cccc(C)c1. The van der Waals surface area contributed by atoms with Crippen LogP contribution >= 0.6 is 0 Å². The molecule has 1 saturated carbocycles. The highest BCUT2D eigenvalue weighted by atomic mass is 16.5. The largest absolute Gasteiger partial charge is 0.489 e. The Bertz CT molecular complexity index is 965. The van der Waals surface area contributed by atoms with Gasteiger partial charge >= 0.3 is 5.97 Å². The molecule has 0 aromatic heterocycles. The van der Waals surface area contributed by atoms with Crippen LogP contribution in [0, 0.1) is 6.92 Å². The Kier molecular flexibility index (Phi) is 9.33. The van der Waals surface area contributed by atoms with Gasteiger partial charge in [0.1, 0.15) is 12.1 Å². The minimum atomic E-state index is -1.23. The van der Waals surface area contributed by atoms with Crippen molar-refractivity contribution in [1.82, 2.24) is 5.32 Å². The molecule has 0 spiro atoms. The van der Waals surface area contributed by atoms with E-state index in [1.165, 1.54) is 5.56 Å². The summed E-state index contributed by atoms with van der Waals surface area (Å²) in [6, 6.07) is 13.2. The molecule has 34 heavy (non-hydrogen) atoms. The molecule has 2 aromatic rings. The molecule has 1 aliphatic rings. The molecule has 3 rings (SSSR count). The lowest BCUT2D eigenvalue weighted by Gasteiger charge is -2.29. The molecule has 7 nitrogen and oxygen atoms in total. The predicted molar refractivity (Wildman–Crippen MR) is 130 cm³/mol. The van der Waals surface area contributed by atoms with E-state index >= 15 is 0 Å². The van der Waals surface area contributed by atoms with E-state index in [0.717, 1.165) is 31.2 Å². The molecule has 0 radical (unpaired) electrons. The number of amides is 1. The highest BCUT2D eigenvalue weighted by Gasteiger charge is 2.40. The third kappa shape index (κ3) is 6.97. The van der Waals surface area contributed by atoms with E-state index in [0.29, 0.717) is 56.1 Å². The van der Waals surface area contributed by atoms with Crippen LogP contribution in [0.3, 0.4) is 0 Å². The number of benzene rings is 2. The van der Waals surface area contributed by atoms with E-state index in [9.17, 15) is 14.7 Å². The lowest BCUT2D eigenvalue weighted by atomic mass is 9.90. The molecule has 2 N–H and O–H groups in total. The normalized spacial score (nSPS) is 15.2. The number of carbonyl (C=O) groups excluding carboxylic acids is 1. The van der Waals surface area contributed by atoms with Crippen LogP contribution in [0.15, 0.2) is 42.5 Å². The Balaban J connectivity index is 1.75. The van der Waals surface area contributed by atoms with Gasteiger partial charge in [-0.15, -0.1) is 0 Å². The highest BCUT2D eigenvalue weighted by molar-refractivity contribution is 5.98. The first-order chi connectivity index (χ1) is 16.4. The molecule has 184 valence electrons. The van der Waals surface area contributed by atoms with E-state index in [4.69, 9.17) is 14.2 Å². The van der Waals surface area contributed by atoms with Crippen LogP contribution in [0.25, 0.3) is 0 Å². The van der Waals surface area contributed by atoms with Gasteiger partial charge in [-0.2, -0.15) is 0 Å². The molecule has 0 saturated heterocycles. The van der Waals surface area contributed by atoms with Gasteiger partial charge in [-0.25, -0.2) is 4.79 Å². The Labute approximate surface area is 201 Å². The van der Waals surface area contributed by atoms with Crippen LogP contribution < -0.4 is 14.8 Å². The minimum absolute atomic E-state index is 0.342. The number of carboxylic acids is 1. The van der Waals surface area contributed by atoms with Crippen LogP contribution in [0.5, 0.6) is 11.5 Å². The fourth-order valence-electron chi connectivity index (χ4n) is 4.28. The quantitative estimate of drug-likeness (QED) is 0.370. The summed E-state index contributed by atoms with van der Waals surface area (Å²) in [5.41, 5.74) is 1.46. The number of ether oxygens (including phenoxy) is 3. The summed E-state index contributed by atoms with van der Waals surface area (Å²) in [5, 5.41) is 12.7. The molecule has 0 bridgehead atoms. The maximum atomic E-state index is 13.1. The van der Waals surface area contributed by atoms with Crippen molar-refractivity contribution >= 4 is 11.9 Å². The number of hydrogen-bond acceptors (Lipinski definition) is 5. The average molecular weight is 470 g/mol. The third-order valence-corrected chi connectivity index (χ3v) is 6.20. The first-order valence-corrected chi connectivity index (χ1v) is 11.9. The van der Waals surface area contributed by atoms with Gasteiger partial charge in [0, 0.05) is 19.1 Å². The molecule has 1 aliphatic carbocycles. The molecular formula is C27H35NO6. The summed E-state index contributed by atoms with van der Waals surface area (Å²) < 4.78 is 16.9. The first kappa shape index (κ1) is 25.6. The zero-order valence-corrected chi connectivity index (χ0v) is 20.1. The molecule has 0 unspecified atom stereocenters. The third-order valence-electron chi connectivity index (χ3n) is 6.20. The zero-order valence-electron chi connectivity index (χ0n) is 20.1. The molecule has 2 aromatic carbocycles. The predicted octanol–water partition coefficient (Wildman–Crippen LogP) is 4.55. The Morgan fingerprint density at radius 2 is 1.68 bits per heavy atom. The number of rotatable bonds is 11. The van der Waals surface area contributed by atoms with Crippen LogP contribution in [0.4, 0.5) is 0 Å². The van der Waals surface area contributed by atoms with E-state index in [-0.39, 0.29) is 0 Å². The summed E-state index contributed by atoms with van der Waals surface area (Å²) in [6.07, 6.45) is 5.11. The average Bonchev–Trinajstić information content (AvgIpc) is 3.06. The maximum absolute atomic E-state index is 13.1. The summed E-state index contributed by atoms with van der Waals surface area (Å²) in [7, 11) is 1.60. The van der Waals surface area contributed by atoms with Gasteiger partial charge in [-0.1, -0.05) is 55.5 Å². The van der Waals surface area contributed by atoms with Crippen LogP contribution in [-0.2, 0) is 16.0 Å². The first-order valence-electron chi connectivity index (χ1n) is 11.9. The summed E-state index contributed by atoms with van der Waals surface area (Å²) >= 11 is 0. The summed E-state index contributed by atoms with van der Waals surface area (Å²) in [4.78, 5) is 25.2. The Hall–Kier alpha value is -3.06. The fraction of sp³-hybridized carbons (Fsp3) is 0.481. The Morgan fingerprint density at radius 3 is 2.35 bits per heavy atom. The van der Waals surface area contributed by atoms with Gasteiger partial charge in [0.25, 0.3) is 5.91 Å². The van der Waals surface area contributed by atoms with Gasteiger partial charge in [-0.3, -0.25) is 4.79 Å². The molecule has 7 heteroatoms. The van der Waals surface area contributed by atoms with Gasteiger partial charge in [0.15, 0.2) is 11.5 Å². The number of hydrogen-bond donors (Lipinski definition) is 2. The molecule has 0 atom stereocenters. The van der Waals surface area contributed by atoms with E-state index < -0.39 is 17.4 Å². The highest BCUT2D eigenvalue weighted by Crippen LogP contribution is 2.31. The summed E-state index contributed by atoms with van der Waals surface area (Å²) in [6.45, 7) is 3.23. The van der Waals surface area contributed by atoms with Crippen molar-refractivity contribution < 1.29 is 28.9 Å². The van der Waals surface area contributed by atoms with Crippen molar-refractivity contribution in [3.05, 3.63) is 59.2 Å². The topological polar surface area (TPSA) is 94.1 Å².